The van der Waals surface area contributed by atoms with Crippen molar-refractivity contribution < 1.29 is 30.3 Å². The molecule has 5 N–H and O–H groups in total. The van der Waals surface area contributed by atoms with E-state index in [9.17, 15) is 15.0 Å². The van der Waals surface area contributed by atoms with Gasteiger partial charge in [0.15, 0.2) is 17.3 Å². The fourth-order valence-corrected chi connectivity index (χ4v) is 1.18. The van der Waals surface area contributed by atoms with E-state index in [4.69, 9.17) is 15.3 Å². The van der Waals surface area contributed by atoms with Gasteiger partial charge < -0.3 is 25.5 Å². The van der Waals surface area contributed by atoms with Gasteiger partial charge in [-0.2, -0.15) is 0 Å². The molecule has 0 saturated heterocycles. The van der Waals surface area contributed by atoms with Crippen LogP contribution in [0.25, 0.3) is 0 Å². The maximum Gasteiger partial charge on any atom is 0.208 e. The number of carbonyl (C=O) groups excluding carboxylic acids is 1. The summed E-state index contributed by atoms with van der Waals surface area (Å²) in [6.45, 7) is 3.29. The van der Waals surface area contributed by atoms with E-state index in [2.05, 4.69) is 6.58 Å². The van der Waals surface area contributed by atoms with Gasteiger partial charge in [-0.15, -0.1) is 6.58 Å². The summed E-state index contributed by atoms with van der Waals surface area (Å²) in [4.78, 5) is 11.4. The number of benzene rings is 1. The van der Waals surface area contributed by atoms with Crippen LogP contribution in [-0.4, -0.2) is 31.3 Å². The first-order valence-electron chi connectivity index (χ1n) is 4.24. The van der Waals surface area contributed by atoms with Crippen molar-refractivity contribution in [3.8, 4) is 28.7 Å². The average Bonchev–Trinajstić information content (AvgIpc) is 2.24. The van der Waals surface area contributed by atoms with Crippen LogP contribution in [-0.2, 0) is 0 Å². The van der Waals surface area contributed by atoms with Gasteiger partial charge in [0, 0.05) is 6.42 Å². The Morgan fingerprint density at radius 2 is 1.31 bits per heavy atom. The average molecular weight is 226 g/mol. The van der Waals surface area contributed by atoms with E-state index in [1.54, 1.807) is 0 Å². The van der Waals surface area contributed by atoms with Gasteiger partial charge in [-0.1, -0.05) is 6.08 Å². The standard InChI is InChI=1S/C10H10O6/c1-2-3-4(11)5-6(12)8(14)10(16)9(15)7(5)13/h2,12-16H,1,3H2. The number of hydrogen-bond donors (Lipinski definition) is 5. The van der Waals surface area contributed by atoms with E-state index in [-0.39, 0.29) is 6.42 Å². The zero-order chi connectivity index (χ0) is 12.5. The molecule has 0 aliphatic heterocycles. The van der Waals surface area contributed by atoms with E-state index < -0.39 is 40.1 Å². The molecule has 1 aromatic rings. The summed E-state index contributed by atoms with van der Waals surface area (Å²) in [6.07, 6.45) is 1.02. The number of carbonyl (C=O) groups is 1. The molecule has 0 aliphatic carbocycles. The van der Waals surface area contributed by atoms with Crippen LogP contribution in [0.15, 0.2) is 12.7 Å². The van der Waals surface area contributed by atoms with E-state index in [1.807, 2.05) is 0 Å². The lowest BCUT2D eigenvalue weighted by Gasteiger charge is -2.10. The van der Waals surface area contributed by atoms with Crippen LogP contribution in [0.1, 0.15) is 16.8 Å². The monoisotopic (exact) mass is 226 g/mol. The number of rotatable bonds is 3. The summed E-state index contributed by atoms with van der Waals surface area (Å²) in [6, 6.07) is 0. The number of Topliss-reactive ketones (excluding diaryl/α,β-unsaturated/α-hetero) is 1. The Morgan fingerprint density at radius 1 is 0.938 bits per heavy atom. The van der Waals surface area contributed by atoms with Gasteiger partial charge in [-0.3, -0.25) is 4.79 Å². The maximum absolute atomic E-state index is 11.4. The molecule has 0 heterocycles. The molecule has 0 amide bonds. The minimum Gasteiger partial charge on any atom is -0.504 e. The Hall–Kier alpha value is -2.37. The van der Waals surface area contributed by atoms with Crippen molar-refractivity contribution in [3.63, 3.8) is 0 Å². The normalized spacial score (nSPS) is 10.0. The summed E-state index contributed by atoms with van der Waals surface area (Å²) in [5, 5.41) is 46.1. The fourth-order valence-electron chi connectivity index (χ4n) is 1.18. The van der Waals surface area contributed by atoms with E-state index in [0.717, 1.165) is 0 Å². The van der Waals surface area contributed by atoms with Crippen LogP contribution in [0.5, 0.6) is 28.7 Å². The molecular formula is C10H10O6. The van der Waals surface area contributed by atoms with Gasteiger partial charge >= 0.3 is 0 Å². The zero-order valence-corrected chi connectivity index (χ0v) is 8.14. The van der Waals surface area contributed by atoms with Gasteiger partial charge in [0.1, 0.15) is 5.56 Å². The smallest absolute Gasteiger partial charge is 0.208 e. The Kier molecular flexibility index (Phi) is 2.94. The molecule has 0 aliphatic rings. The van der Waals surface area contributed by atoms with Crippen LogP contribution < -0.4 is 0 Å². The molecule has 6 heteroatoms. The van der Waals surface area contributed by atoms with Crippen molar-refractivity contribution in [2.45, 2.75) is 6.42 Å². The summed E-state index contributed by atoms with van der Waals surface area (Å²) < 4.78 is 0. The van der Waals surface area contributed by atoms with Crippen LogP contribution in [0, 0.1) is 0 Å². The molecule has 86 valence electrons. The van der Waals surface area contributed by atoms with E-state index >= 15 is 0 Å². The lowest BCUT2D eigenvalue weighted by molar-refractivity contribution is 0.0989. The highest BCUT2D eigenvalue weighted by Gasteiger charge is 2.26. The molecule has 0 fully saturated rings. The highest BCUT2D eigenvalue weighted by molar-refractivity contribution is 6.04. The molecule has 1 rings (SSSR count). The van der Waals surface area contributed by atoms with Crippen LogP contribution in [0.3, 0.4) is 0 Å². The van der Waals surface area contributed by atoms with Crippen molar-refractivity contribution in [2.75, 3.05) is 0 Å². The lowest BCUT2D eigenvalue weighted by Crippen LogP contribution is -1.99. The number of ketones is 1. The van der Waals surface area contributed by atoms with Gasteiger partial charge in [0.05, 0.1) is 0 Å². The molecule has 6 nitrogen and oxygen atoms in total. The quantitative estimate of drug-likeness (QED) is 0.227. The molecule has 16 heavy (non-hydrogen) atoms. The molecule has 0 aromatic heterocycles. The molecule has 0 bridgehead atoms. The van der Waals surface area contributed by atoms with Crippen molar-refractivity contribution in [1.29, 1.82) is 0 Å². The van der Waals surface area contributed by atoms with Crippen LogP contribution in [0.4, 0.5) is 0 Å². The Morgan fingerprint density at radius 3 is 1.69 bits per heavy atom. The predicted octanol–water partition coefficient (Wildman–Crippen LogP) is 0.973. The topological polar surface area (TPSA) is 118 Å². The number of hydrogen-bond acceptors (Lipinski definition) is 6. The summed E-state index contributed by atoms with van der Waals surface area (Å²) >= 11 is 0. The van der Waals surface area contributed by atoms with Gasteiger partial charge in [-0.05, 0) is 0 Å². The molecule has 0 radical (unpaired) electrons. The maximum atomic E-state index is 11.4. The highest BCUT2D eigenvalue weighted by Crippen LogP contribution is 2.50. The van der Waals surface area contributed by atoms with Gasteiger partial charge in [-0.25, -0.2) is 0 Å². The summed E-state index contributed by atoms with van der Waals surface area (Å²) in [5.74, 6) is -5.95. The third kappa shape index (κ3) is 1.60. The van der Waals surface area contributed by atoms with E-state index in [0.29, 0.717) is 0 Å². The third-order valence-corrected chi connectivity index (χ3v) is 1.98. The molecule has 1 aromatic carbocycles. The number of allylic oxidation sites excluding steroid dienone is 1. The first kappa shape index (κ1) is 11.7. The highest BCUT2D eigenvalue weighted by atomic mass is 16.4. The van der Waals surface area contributed by atoms with Crippen molar-refractivity contribution in [1.82, 2.24) is 0 Å². The second kappa shape index (κ2) is 4.01. The second-order valence-corrected chi connectivity index (χ2v) is 3.03. The number of phenolic OH excluding ortho intramolecular Hbond substituents is 5. The first-order valence-corrected chi connectivity index (χ1v) is 4.24. The Balaban J connectivity index is 3.51. The summed E-state index contributed by atoms with van der Waals surface area (Å²) in [7, 11) is 0. The molecule has 0 atom stereocenters. The minimum atomic E-state index is -1.09. The predicted molar refractivity (Wildman–Crippen MR) is 53.9 cm³/mol. The molecule has 0 unspecified atom stereocenters. The second-order valence-electron chi connectivity index (χ2n) is 3.03. The minimum absolute atomic E-state index is 0.204. The lowest BCUT2D eigenvalue weighted by atomic mass is 10.0. The van der Waals surface area contributed by atoms with E-state index in [1.165, 1.54) is 6.08 Å². The Bertz CT molecular complexity index is 434. The Labute approximate surface area is 90.3 Å². The van der Waals surface area contributed by atoms with Crippen molar-refractivity contribution in [3.05, 3.63) is 18.2 Å². The third-order valence-electron chi connectivity index (χ3n) is 1.98. The van der Waals surface area contributed by atoms with Crippen LogP contribution >= 0.6 is 0 Å². The molecule has 0 saturated carbocycles. The van der Waals surface area contributed by atoms with Gasteiger partial charge in [0.2, 0.25) is 17.2 Å². The zero-order valence-electron chi connectivity index (χ0n) is 8.14. The van der Waals surface area contributed by atoms with Crippen molar-refractivity contribution >= 4 is 5.78 Å². The number of phenols is 5. The molecular weight excluding hydrogens is 216 g/mol. The van der Waals surface area contributed by atoms with Crippen LogP contribution in [0.2, 0.25) is 0 Å². The SMILES string of the molecule is C=CCC(=O)c1c(O)c(O)c(O)c(O)c1O. The first-order chi connectivity index (χ1) is 7.41. The summed E-state index contributed by atoms with van der Waals surface area (Å²) in [5.41, 5.74) is -0.660. The van der Waals surface area contributed by atoms with Gasteiger partial charge in [0.25, 0.3) is 0 Å². The fraction of sp³-hybridized carbons (Fsp3) is 0.100. The largest absolute Gasteiger partial charge is 0.504 e. The number of aromatic hydroxyl groups is 5. The molecule has 0 spiro atoms. The van der Waals surface area contributed by atoms with Crippen molar-refractivity contribution in [2.24, 2.45) is 0 Å².